The normalized spacial score (nSPS) is 20.6. The van der Waals surface area contributed by atoms with E-state index in [-0.39, 0.29) is 12.1 Å². The second-order valence-electron chi connectivity index (χ2n) is 5.08. The average Bonchev–Trinajstić information content (AvgIpc) is 2.68. The molecule has 2 atom stereocenters. The van der Waals surface area contributed by atoms with E-state index in [0.717, 1.165) is 18.8 Å². The fourth-order valence-corrected chi connectivity index (χ4v) is 3.62. The van der Waals surface area contributed by atoms with E-state index in [1.54, 1.807) is 7.11 Å². The van der Waals surface area contributed by atoms with Crippen molar-refractivity contribution in [2.45, 2.75) is 25.4 Å². The minimum atomic E-state index is 0.121. The van der Waals surface area contributed by atoms with Crippen LogP contribution in [0.4, 0.5) is 0 Å². The van der Waals surface area contributed by atoms with Gasteiger partial charge in [-0.2, -0.15) is 11.8 Å². The molecule has 0 radical (unpaired) electrons. The van der Waals surface area contributed by atoms with Gasteiger partial charge in [-0.05, 0) is 43.3 Å². The van der Waals surface area contributed by atoms with Crippen LogP contribution < -0.4 is 10.5 Å². The van der Waals surface area contributed by atoms with Crippen LogP contribution in [-0.4, -0.2) is 42.6 Å². The van der Waals surface area contributed by atoms with E-state index in [9.17, 15) is 0 Å². The first-order valence-electron chi connectivity index (χ1n) is 6.93. The third kappa shape index (κ3) is 3.88. The Hall–Kier alpha value is -0.710. The zero-order valence-electron chi connectivity index (χ0n) is 11.8. The molecule has 1 aliphatic heterocycles. The summed E-state index contributed by atoms with van der Waals surface area (Å²) in [5.74, 6) is 3.38. The summed E-state index contributed by atoms with van der Waals surface area (Å²) in [5, 5.41) is 0. The highest BCUT2D eigenvalue weighted by Crippen LogP contribution is 2.28. The number of thioether (sulfide) groups is 1. The van der Waals surface area contributed by atoms with Gasteiger partial charge in [0, 0.05) is 24.4 Å². The summed E-state index contributed by atoms with van der Waals surface area (Å²) in [4.78, 5) is 2.53. The quantitative estimate of drug-likeness (QED) is 0.920. The highest BCUT2D eigenvalue weighted by molar-refractivity contribution is 7.99. The fraction of sp³-hybridized carbons (Fsp3) is 0.600. The third-order valence-electron chi connectivity index (χ3n) is 3.58. The number of hydrogen-bond acceptors (Lipinski definition) is 4. The second kappa shape index (κ2) is 7.17. The van der Waals surface area contributed by atoms with Gasteiger partial charge in [0.25, 0.3) is 0 Å². The van der Waals surface area contributed by atoms with Gasteiger partial charge < -0.3 is 10.5 Å². The van der Waals surface area contributed by atoms with Crippen LogP contribution in [0.3, 0.4) is 0 Å². The molecule has 4 heteroatoms. The van der Waals surface area contributed by atoms with E-state index in [1.807, 2.05) is 17.8 Å². The predicted octanol–water partition coefficient (Wildman–Crippen LogP) is 2.52. The van der Waals surface area contributed by atoms with Gasteiger partial charge >= 0.3 is 0 Å². The summed E-state index contributed by atoms with van der Waals surface area (Å²) in [5.41, 5.74) is 7.52. The first-order chi connectivity index (χ1) is 9.22. The van der Waals surface area contributed by atoms with Gasteiger partial charge in [-0.1, -0.05) is 12.1 Å². The maximum atomic E-state index is 6.25. The molecule has 0 aromatic heterocycles. The SMILES string of the molecule is COc1cccc(C(C(C)N)N2CCCSCC2)c1. The van der Waals surface area contributed by atoms with E-state index >= 15 is 0 Å². The molecular formula is C15H24N2OS. The minimum absolute atomic E-state index is 0.121. The number of benzene rings is 1. The van der Waals surface area contributed by atoms with Gasteiger partial charge in [-0.25, -0.2) is 0 Å². The summed E-state index contributed by atoms with van der Waals surface area (Å²) in [6, 6.07) is 8.72. The molecule has 106 valence electrons. The van der Waals surface area contributed by atoms with E-state index in [0.29, 0.717) is 0 Å². The summed E-state index contributed by atoms with van der Waals surface area (Å²) in [6.07, 6.45) is 1.25. The van der Waals surface area contributed by atoms with Crippen LogP contribution in [0, 0.1) is 0 Å². The molecule has 0 amide bonds. The lowest BCUT2D eigenvalue weighted by Crippen LogP contribution is -2.40. The smallest absolute Gasteiger partial charge is 0.119 e. The Balaban J connectivity index is 2.22. The summed E-state index contributed by atoms with van der Waals surface area (Å²) in [7, 11) is 1.71. The molecule has 0 spiro atoms. The number of nitrogens with zero attached hydrogens (tertiary/aromatic N) is 1. The van der Waals surface area contributed by atoms with E-state index in [4.69, 9.17) is 10.5 Å². The monoisotopic (exact) mass is 280 g/mol. The van der Waals surface area contributed by atoms with E-state index in [1.165, 1.54) is 23.5 Å². The molecule has 0 saturated carbocycles. The Morgan fingerprint density at radius 3 is 2.89 bits per heavy atom. The van der Waals surface area contributed by atoms with Crippen molar-refractivity contribution in [1.82, 2.24) is 4.90 Å². The van der Waals surface area contributed by atoms with Crippen molar-refractivity contribution >= 4 is 11.8 Å². The lowest BCUT2D eigenvalue weighted by molar-refractivity contribution is 0.190. The van der Waals surface area contributed by atoms with Crippen molar-refractivity contribution in [1.29, 1.82) is 0 Å². The maximum Gasteiger partial charge on any atom is 0.119 e. The zero-order chi connectivity index (χ0) is 13.7. The number of hydrogen-bond donors (Lipinski definition) is 1. The van der Waals surface area contributed by atoms with Gasteiger partial charge in [0.15, 0.2) is 0 Å². The van der Waals surface area contributed by atoms with Crippen molar-refractivity contribution in [3.8, 4) is 5.75 Å². The molecule has 1 fully saturated rings. The molecule has 1 heterocycles. The molecule has 1 saturated heterocycles. The Bertz CT molecular complexity index is 389. The fourth-order valence-electron chi connectivity index (χ4n) is 2.72. The predicted molar refractivity (Wildman–Crippen MR) is 82.9 cm³/mol. The van der Waals surface area contributed by atoms with Crippen molar-refractivity contribution in [3.63, 3.8) is 0 Å². The molecule has 2 N–H and O–H groups in total. The van der Waals surface area contributed by atoms with Gasteiger partial charge in [0.1, 0.15) is 5.75 Å². The van der Waals surface area contributed by atoms with Crippen LogP contribution in [0.15, 0.2) is 24.3 Å². The molecule has 1 aromatic rings. The topological polar surface area (TPSA) is 38.5 Å². The van der Waals surface area contributed by atoms with Gasteiger partial charge in [-0.15, -0.1) is 0 Å². The maximum absolute atomic E-state index is 6.25. The van der Waals surface area contributed by atoms with Crippen molar-refractivity contribution in [3.05, 3.63) is 29.8 Å². The molecule has 1 aromatic carbocycles. The standard InChI is InChI=1S/C15H24N2OS/c1-12(16)15(17-7-4-9-19-10-8-17)13-5-3-6-14(11-13)18-2/h3,5-6,11-12,15H,4,7-10,16H2,1-2H3. The van der Waals surface area contributed by atoms with Crippen LogP contribution in [0.1, 0.15) is 24.9 Å². The molecule has 1 aliphatic rings. The van der Waals surface area contributed by atoms with Crippen molar-refractivity contribution in [2.24, 2.45) is 5.73 Å². The van der Waals surface area contributed by atoms with Crippen LogP contribution >= 0.6 is 11.8 Å². The minimum Gasteiger partial charge on any atom is -0.497 e. The number of rotatable bonds is 4. The molecule has 2 rings (SSSR count). The first kappa shape index (κ1) is 14.7. The van der Waals surface area contributed by atoms with E-state index in [2.05, 4.69) is 30.0 Å². The van der Waals surface area contributed by atoms with Gasteiger partial charge in [0.05, 0.1) is 7.11 Å². The Morgan fingerprint density at radius 2 is 2.16 bits per heavy atom. The lowest BCUT2D eigenvalue weighted by atomic mass is 9.98. The highest BCUT2D eigenvalue weighted by atomic mass is 32.2. The largest absolute Gasteiger partial charge is 0.497 e. The summed E-state index contributed by atoms with van der Waals surface area (Å²) in [6.45, 7) is 4.35. The Kier molecular flexibility index (Phi) is 5.55. The Labute approximate surface area is 120 Å². The van der Waals surface area contributed by atoms with Gasteiger partial charge in [-0.3, -0.25) is 4.90 Å². The van der Waals surface area contributed by atoms with Crippen LogP contribution in [0.5, 0.6) is 5.75 Å². The second-order valence-corrected chi connectivity index (χ2v) is 6.31. The molecule has 0 bridgehead atoms. The van der Waals surface area contributed by atoms with Crippen LogP contribution in [0.2, 0.25) is 0 Å². The van der Waals surface area contributed by atoms with Gasteiger partial charge in [0.2, 0.25) is 0 Å². The number of methoxy groups -OCH3 is 1. The molecule has 0 aliphatic carbocycles. The number of ether oxygens (including phenoxy) is 1. The third-order valence-corrected chi connectivity index (χ3v) is 4.63. The average molecular weight is 280 g/mol. The van der Waals surface area contributed by atoms with E-state index < -0.39 is 0 Å². The molecule has 3 nitrogen and oxygen atoms in total. The van der Waals surface area contributed by atoms with Crippen molar-refractivity contribution < 1.29 is 4.74 Å². The first-order valence-corrected chi connectivity index (χ1v) is 8.09. The lowest BCUT2D eigenvalue weighted by Gasteiger charge is -2.33. The summed E-state index contributed by atoms with van der Waals surface area (Å²) < 4.78 is 5.33. The molecule has 19 heavy (non-hydrogen) atoms. The zero-order valence-corrected chi connectivity index (χ0v) is 12.7. The highest BCUT2D eigenvalue weighted by Gasteiger charge is 2.25. The van der Waals surface area contributed by atoms with Crippen molar-refractivity contribution in [2.75, 3.05) is 31.7 Å². The van der Waals surface area contributed by atoms with Crippen LogP contribution in [-0.2, 0) is 0 Å². The summed E-state index contributed by atoms with van der Waals surface area (Å²) >= 11 is 2.04. The number of nitrogens with two attached hydrogens (primary N) is 1. The Morgan fingerprint density at radius 1 is 1.32 bits per heavy atom. The molecular weight excluding hydrogens is 256 g/mol. The van der Waals surface area contributed by atoms with Crippen LogP contribution in [0.25, 0.3) is 0 Å². The molecule has 2 unspecified atom stereocenters.